The van der Waals surface area contributed by atoms with Gasteiger partial charge in [0.2, 0.25) is 5.91 Å². The van der Waals surface area contributed by atoms with Crippen LogP contribution in [-0.2, 0) is 21.1 Å². The third kappa shape index (κ3) is 6.93. The van der Waals surface area contributed by atoms with E-state index >= 15 is 0 Å². The lowest BCUT2D eigenvalue weighted by atomic mass is 9.96. The molecule has 0 aromatic heterocycles. The molecule has 6 nitrogen and oxygen atoms in total. The largest absolute Gasteiger partial charge is 0.331 e. The number of nitrogens with zero attached hydrogens (tertiary/aromatic N) is 1. The molecular formula is C31H29ClN2O4S. The molecule has 2 amide bonds. The zero-order valence-corrected chi connectivity index (χ0v) is 23.2. The topological polar surface area (TPSA) is 83.5 Å². The van der Waals surface area contributed by atoms with E-state index in [1.54, 1.807) is 55.3 Å². The van der Waals surface area contributed by atoms with Crippen molar-refractivity contribution >= 4 is 38.9 Å². The summed E-state index contributed by atoms with van der Waals surface area (Å²) >= 11 is 6.09. The molecule has 0 radical (unpaired) electrons. The molecule has 1 atom stereocenters. The number of amides is 2. The minimum absolute atomic E-state index is 0.0230. The summed E-state index contributed by atoms with van der Waals surface area (Å²) in [5, 5.41) is 3.45. The van der Waals surface area contributed by atoms with Gasteiger partial charge in [-0.25, -0.2) is 8.42 Å². The van der Waals surface area contributed by atoms with Crippen molar-refractivity contribution in [2.75, 3.05) is 18.1 Å². The lowest BCUT2D eigenvalue weighted by molar-refractivity contribution is -0.115. The van der Waals surface area contributed by atoms with Crippen molar-refractivity contribution in [3.05, 3.63) is 130 Å². The van der Waals surface area contributed by atoms with Crippen molar-refractivity contribution in [1.29, 1.82) is 0 Å². The van der Waals surface area contributed by atoms with E-state index in [2.05, 4.69) is 5.32 Å². The van der Waals surface area contributed by atoms with E-state index in [4.69, 9.17) is 11.6 Å². The molecule has 1 unspecified atom stereocenters. The summed E-state index contributed by atoms with van der Waals surface area (Å²) in [6.07, 6.45) is 0.0930. The average molecular weight is 561 g/mol. The fourth-order valence-electron chi connectivity index (χ4n) is 4.31. The average Bonchev–Trinajstić information content (AvgIpc) is 2.95. The van der Waals surface area contributed by atoms with Gasteiger partial charge >= 0.3 is 0 Å². The first-order valence-corrected chi connectivity index (χ1v) is 14.5. The van der Waals surface area contributed by atoms with Gasteiger partial charge in [0.05, 0.1) is 23.1 Å². The zero-order chi connectivity index (χ0) is 28.0. The van der Waals surface area contributed by atoms with Crippen LogP contribution >= 0.6 is 11.6 Å². The predicted molar refractivity (Wildman–Crippen MR) is 155 cm³/mol. The van der Waals surface area contributed by atoms with Gasteiger partial charge < -0.3 is 10.2 Å². The standard InChI is InChI=1S/C31H29ClN2O4S/c1-3-39(37,38)28-19-9-22(10-20-28)21-29(35)33-27-17-13-25(14-18-27)31(36)34(2)30(23-7-5-4-6-8-23)24-11-15-26(32)16-12-24/h4-20,30H,3,21H2,1-2H3,(H,33,35). The molecule has 0 saturated carbocycles. The Kier molecular flexibility index (Phi) is 8.84. The Bertz CT molecular complexity index is 1540. The first-order chi connectivity index (χ1) is 18.7. The number of hydrogen-bond acceptors (Lipinski definition) is 4. The SMILES string of the molecule is CCS(=O)(=O)c1ccc(CC(=O)Nc2ccc(C(=O)N(C)C(c3ccccc3)c3ccc(Cl)cc3)cc2)cc1. The molecule has 4 rings (SSSR count). The van der Waals surface area contributed by atoms with Crippen molar-refractivity contribution in [2.24, 2.45) is 0 Å². The quantitative estimate of drug-likeness (QED) is 0.265. The number of carbonyl (C=O) groups is 2. The van der Waals surface area contributed by atoms with Crippen molar-refractivity contribution in [3.63, 3.8) is 0 Å². The molecule has 4 aromatic rings. The van der Waals surface area contributed by atoms with Gasteiger partial charge in [0, 0.05) is 23.3 Å². The second-order valence-corrected chi connectivity index (χ2v) is 11.8. The molecule has 0 saturated heterocycles. The maximum Gasteiger partial charge on any atom is 0.254 e. The van der Waals surface area contributed by atoms with Gasteiger partial charge in [-0.1, -0.05) is 73.1 Å². The molecule has 0 fully saturated rings. The van der Waals surface area contributed by atoms with Crippen LogP contribution in [-0.4, -0.2) is 37.9 Å². The van der Waals surface area contributed by atoms with Gasteiger partial charge in [-0.05, 0) is 65.2 Å². The van der Waals surface area contributed by atoms with Crippen LogP contribution in [0.1, 0.15) is 40.0 Å². The first-order valence-electron chi connectivity index (χ1n) is 12.5. The third-order valence-electron chi connectivity index (χ3n) is 6.45. The highest BCUT2D eigenvalue weighted by molar-refractivity contribution is 7.91. The Morgan fingerprint density at radius 2 is 1.41 bits per heavy atom. The summed E-state index contributed by atoms with van der Waals surface area (Å²) < 4.78 is 24.0. The molecule has 0 aliphatic carbocycles. The lowest BCUT2D eigenvalue weighted by Gasteiger charge is -2.29. The van der Waals surface area contributed by atoms with Gasteiger partial charge in [-0.3, -0.25) is 9.59 Å². The summed E-state index contributed by atoms with van der Waals surface area (Å²) in [4.78, 5) is 28.0. The van der Waals surface area contributed by atoms with Crippen LogP contribution in [0.25, 0.3) is 0 Å². The predicted octanol–water partition coefficient (Wildman–Crippen LogP) is 6.18. The molecule has 39 heavy (non-hydrogen) atoms. The number of benzene rings is 4. The maximum absolute atomic E-state index is 13.5. The molecule has 0 aliphatic heterocycles. The molecule has 1 N–H and O–H groups in total. The second-order valence-electron chi connectivity index (χ2n) is 9.13. The van der Waals surface area contributed by atoms with E-state index < -0.39 is 9.84 Å². The highest BCUT2D eigenvalue weighted by atomic mass is 35.5. The summed E-state index contributed by atoms with van der Waals surface area (Å²) in [7, 11) is -1.52. The molecule has 8 heteroatoms. The van der Waals surface area contributed by atoms with Gasteiger partial charge in [-0.2, -0.15) is 0 Å². The number of rotatable bonds is 9. The molecule has 0 aliphatic rings. The van der Waals surface area contributed by atoms with E-state index in [1.807, 2.05) is 54.6 Å². The highest BCUT2D eigenvalue weighted by Gasteiger charge is 2.24. The molecule has 0 heterocycles. The van der Waals surface area contributed by atoms with Gasteiger partial charge in [0.1, 0.15) is 0 Å². The Labute approximate surface area is 234 Å². The first kappa shape index (κ1) is 28.1. The monoisotopic (exact) mass is 560 g/mol. The van der Waals surface area contributed by atoms with Crippen molar-refractivity contribution in [1.82, 2.24) is 4.90 Å². The number of hydrogen-bond donors (Lipinski definition) is 1. The maximum atomic E-state index is 13.5. The highest BCUT2D eigenvalue weighted by Crippen LogP contribution is 2.30. The fraction of sp³-hybridized carbons (Fsp3) is 0.161. The van der Waals surface area contributed by atoms with Crippen LogP contribution in [0.4, 0.5) is 5.69 Å². The number of nitrogens with one attached hydrogen (secondary N) is 1. The third-order valence-corrected chi connectivity index (χ3v) is 8.45. The van der Waals surface area contributed by atoms with Crippen molar-refractivity contribution in [2.45, 2.75) is 24.3 Å². The fourth-order valence-corrected chi connectivity index (χ4v) is 5.32. The van der Waals surface area contributed by atoms with E-state index in [1.165, 1.54) is 12.1 Å². The van der Waals surface area contributed by atoms with Gasteiger partial charge in [0.25, 0.3) is 5.91 Å². The Morgan fingerprint density at radius 1 is 0.821 bits per heavy atom. The number of halogens is 1. The van der Waals surface area contributed by atoms with E-state index in [9.17, 15) is 18.0 Å². The number of anilines is 1. The minimum atomic E-state index is -3.29. The van der Waals surface area contributed by atoms with E-state index in [-0.39, 0.29) is 34.9 Å². The molecule has 0 bridgehead atoms. The van der Waals surface area contributed by atoms with Gasteiger partial charge in [-0.15, -0.1) is 0 Å². The number of sulfone groups is 1. The van der Waals surface area contributed by atoms with Gasteiger partial charge in [0.15, 0.2) is 9.84 Å². The molecular weight excluding hydrogens is 532 g/mol. The van der Waals surface area contributed by atoms with Crippen LogP contribution in [0.2, 0.25) is 5.02 Å². The van der Waals surface area contributed by atoms with Crippen LogP contribution in [0, 0.1) is 0 Å². The lowest BCUT2D eigenvalue weighted by Crippen LogP contribution is -2.32. The molecule has 0 spiro atoms. The minimum Gasteiger partial charge on any atom is -0.331 e. The Hall–Kier alpha value is -3.94. The zero-order valence-electron chi connectivity index (χ0n) is 21.7. The van der Waals surface area contributed by atoms with Crippen LogP contribution in [0.15, 0.2) is 108 Å². The van der Waals surface area contributed by atoms with Crippen molar-refractivity contribution < 1.29 is 18.0 Å². The molecule has 200 valence electrons. The van der Waals surface area contributed by atoms with Crippen LogP contribution < -0.4 is 5.32 Å². The molecule has 4 aromatic carbocycles. The van der Waals surface area contributed by atoms with Crippen LogP contribution in [0.5, 0.6) is 0 Å². The van der Waals surface area contributed by atoms with E-state index in [0.717, 1.165) is 11.1 Å². The van der Waals surface area contributed by atoms with Crippen LogP contribution in [0.3, 0.4) is 0 Å². The summed E-state index contributed by atoms with van der Waals surface area (Å²) in [5.41, 5.74) is 3.65. The Balaban J connectivity index is 1.44. The number of carbonyl (C=O) groups excluding carboxylic acids is 2. The summed E-state index contributed by atoms with van der Waals surface area (Å²) in [6.45, 7) is 1.59. The Morgan fingerprint density at radius 3 is 2.00 bits per heavy atom. The summed E-state index contributed by atoms with van der Waals surface area (Å²) in [6, 6.07) is 30.0. The van der Waals surface area contributed by atoms with Crippen molar-refractivity contribution in [3.8, 4) is 0 Å². The van der Waals surface area contributed by atoms with E-state index in [0.29, 0.717) is 21.8 Å². The normalized spacial score (nSPS) is 12.0. The smallest absolute Gasteiger partial charge is 0.254 e. The summed E-state index contributed by atoms with van der Waals surface area (Å²) in [5.74, 6) is -0.391. The second kappa shape index (κ2) is 12.3.